The number of aryl methyl sites for hydroxylation is 1. The van der Waals surface area contributed by atoms with Gasteiger partial charge in [-0.15, -0.1) is 0 Å². The summed E-state index contributed by atoms with van der Waals surface area (Å²) in [7, 11) is 0. The van der Waals surface area contributed by atoms with Gasteiger partial charge in [-0.25, -0.2) is 0 Å². The van der Waals surface area contributed by atoms with Gasteiger partial charge in [0, 0.05) is 0 Å². The number of carbonyl (C=O) groups excluding carboxylic acids is 2. The van der Waals surface area contributed by atoms with Crippen LogP contribution in [0.2, 0.25) is 0 Å². The van der Waals surface area contributed by atoms with E-state index in [1.807, 2.05) is 55.5 Å². The van der Waals surface area contributed by atoms with Crippen molar-refractivity contribution < 1.29 is 19.1 Å². The van der Waals surface area contributed by atoms with E-state index in [4.69, 9.17) is 9.47 Å². The Morgan fingerprint density at radius 1 is 1.07 bits per heavy atom. The quantitative estimate of drug-likeness (QED) is 0.480. The predicted molar refractivity (Wildman–Crippen MR) is 111 cm³/mol. The Morgan fingerprint density at radius 2 is 1.86 bits per heavy atom. The van der Waals surface area contributed by atoms with E-state index in [0.717, 1.165) is 34.4 Å². The number of hydrogen-bond donors (Lipinski definition) is 0. The molecule has 0 aromatic heterocycles. The zero-order valence-corrected chi connectivity index (χ0v) is 16.4. The van der Waals surface area contributed by atoms with E-state index in [1.165, 1.54) is 4.90 Å². The zero-order chi connectivity index (χ0) is 19.9. The fraction of sp³-hybridized carbons (Fsp3) is 0.182. The van der Waals surface area contributed by atoms with Gasteiger partial charge in [-0.2, -0.15) is 0 Å². The lowest BCUT2D eigenvalue weighted by molar-refractivity contribution is -0.123. The number of imide groups is 1. The lowest BCUT2D eigenvalue weighted by Gasteiger charge is -2.13. The Morgan fingerprint density at radius 3 is 2.57 bits per heavy atom. The third kappa shape index (κ3) is 5.04. The number of nitrogens with zero attached hydrogens (tertiary/aromatic N) is 1. The first-order valence-electron chi connectivity index (χ1n) is 8.85. The summed E-state index contributed by atoms with van der Waals surface area (Å²) in [5.74, 6) is 1.15. The van der Waals surface area contributed by atoms with E-state index >= 15 is 0 Å². The largest absolute Gasteiger partial charge is 0.492 e. The smallest absolute Gasteiger partial charge is 0.293 e. The summed E-state index contributed by atoms with van der Waals surface area (Å²) in [4.78, 5) is 26.4. The molecule has 144 valence electrons. The van der Waals surface area contributed by atoms with Crippen LogP contribution in [-0.4, -0.2) is 35.8 Å². The van der Waals surface area contributed by atoms with Gasteiger partial charge in [-0.1, -0.05) is 36.9 Å². The fourth-order valence-corrected chi connectivity index (χ4v) is 3.48. The van der Waals surface area contributed by atoms with Gasteiger partial charge in [-0.05, 0) is 60.2 Å². The lowest BCUT2D eigenvalue weighted by atomic mass is 10.2. The molecular weight excluding hydrogens is 374 g/mol. The van der Waals surface area contributed by atoms with Gasteiger partial charge in [0.15, 0.2) is 0 Å². The van der Waals surface area contributed by atoms with E-state index in [-0.39, 0.29) is 24.3 Å². The first kappa shape index (κ1) is 19.8. The first-order chi connectivity index (χ1) is 13.6. The summed E-state index contributed by atoms with van der Waals surface area (Å²) in [6.07, 6.45) is 3.39. The Kier molecular flexibility index (Phi) is 6.55. The summed E-state index contributed by atoms with van der Waals surface area (Å²) >= 11 is 0.942. The van der Waals surface area contributed by atoms with Crippen molar-refractivity contribution in [2.45, 2.75) is 6.92 Å². The lowest BCUT2D eigenvalue weighted by Crippen LogP contribution is -2.32. The molecule has 2 aromatic rings. The summed E-state index contributed by atoms with van der Waals surface area (Å²) in [5, 5.41) is -0.282. The summed E-state index contributed by atoms with van der Waals surface area (Å²) in [5.41, 5.74) is 1.92. The maximum absolute atomic E-state index is 12.5. The van der Waals surface area contributed by atoms with Gasteiger partial charge < -0.3 is 9.47 Å². The maximum atomic E-state index is 12.5. The van der Waals surface area contributed by atoms with E-state index in [0.29, 0.717) is 11.5 Å². The Bertz CT molecular complexity index is 905. The Balaban J connectivity index is 1.59. The van der Waals surface area contributed by atoms with Gasteiger partial charge in [0.1, 0.15) is 24.7 Å². The minimum Gasteiger partial charge on any atom is -0.492 e. The van der Waals surface area contributed by atoms with Crippen molar-refractivity contribution in [1.82, 2.24) is 4.90 Å². The molecule has 0 aliphatic carbocycles. The van der Waals surface area contributed by atoms with Crippen LogP contribution in [0.15, 0.2) is 66.1 Å². The van der Waals surface area contributed by atoms with Gasteiger partial charge in [-0.3, -0.25) is 14.5 Å². The normalized spacial score (nSPS) is 15.2. The highest BCUT2D eigenvalue weighted by molar-refractivity contribution is 8.18. The van der Waals surface area contributed by atoms with Crippen LogP contribution in [0.3, 0.4) is 0 Å². The van der Waals surface area contributed by atoms with Crippen LogP contribution in [0.4, 0.5) is 4.79 Å². The molecule has 1 fully saturated rings. The summed E-state index contributed by atoms with van der Waals surface area (Å²) in [6, 6.07) is 15.0. The molecule has 3 rings (SSSR count). The molecule has 1 aliphatic rings. The number of thioether (sulfide) groups is 1. The third-order valence-electron chi connectivity index (χ3n) is 3.99. The highest BCUT2D eigenvalue weighted by Crippen LogP contribution is 2.32. The van der Waals surface area contributed by atoms with Crippen LogP contribution < -0.4 is 9.47 Å². The molecule has 1 saturated heterocycles. The molecule has 0 spiro atoms. The molecule has 6 heteroatoms. The first-order valence-corrected chi connectivity index (χ1v) is 9.67. The van der Waals surface area contributed by atoms with E-state index in [2.05, 4.69) is 6.58 Å². The van der Waals surface area contributed by atoms with E-state index in [1.54, 1.807) is 12.2 Å². The minimum absolute atomic E-state index is 0.213. The Hall–Kier alpha value is -2.99. The fourth-order valence-electron chi connectivity index (χ4n) is 2.62. The van der Waals surface area contributed by atoms with Crippen molar-refractivity contribution in [2.24, 2.45) is 0 Å². The molecule has 0 atom stereocenters. The predicted octanol–water partition coefficient (Wildman–Crippen LogP) is 4.68. The molecule has 28 heavy (non-hydrogen) atoms. The van der Waals surface area contributed by atoms with Crippen LogP contribution in [0, 0.1) is 6.92 Å². The second-order valence-electron chi connectivity index (χ2n) is 6.17. The molecule has 5 nitrogen and oxygen atoms in total. The average Bonchev–Trinajstić information content (AvgIpc) is 2.95. The molecule has 0 bridgehead atoms. The van der Waals surface area contributed by atoms with Crippen molar-refractivity contribution in [3.63, 3.8) is 0 Å². The van der Waals surface area contributed by atoms with E-state index < -0.39 is 0 Å². The standard InChI is InChI=1S/C22H21NO4S/c1-3-12-26-18-9-7-17(8-10-18)15-20-21(24)23(22(25)28-20)11-13-27-19-6-4-5-16(2)14-19/h3-10,14-15H,1,11-13H2,2H3/b20-15-. The molecule has 0 saturated carbocycles. The minimum atomic E-state index is -0.296. The van der Waals surface area contributed by atoms with Crippen molar-refractivity contribution in [2.75, 3.05) is 19.8 Å². The highest BCUT2D eigenvalue weighted by atomic mass is 32.2. The van der Waals surface area contributed by atoms with E-state index in [9.17, 15) is 9.59 Å². The summed E-state index contributed by atoms with van der Waals surface area (Å²) in [6.45, 7) is 6.48. The zero-order valence-electron chi connectivity index (χ0n) is 15.6. The molecule has 0 N–H and O–H groups in total. The van der Waals surface area contributed by atoms with Crippen LogP contribution in [0.1, 0.15) is 11.1 Å². The molecule has 0 unspecified atom stereocenters. The Labute approximate surface area is 168 Å². The molecule has 1 heterocycles. The monoisotopic (exact) mass is 395 g/mol. The van der Waals surface area contributed by atoms with Crippen molar-refractivity contribution in [3.05, 3.63) is 77.2 Å². The molecule has 0 radical (unpaired) electrons. The van der Waals surface area contributed by atoms with Crippen LogP contribution in [0.5, 0.6) is 11.5 Å². The maximum Gasteiger partial charge on any atom is 0.293 e. The number of hydrogen-bond acceptors (Lipinski definition) is 5. The molecular formula is C22H21NO4S. The highest BCUT2D eigenvalue weighted by Gasteiger charge is 2.34. The average molecular weight is 395 g/mol. The topological polar surface area (TPSA) is 55.8 Å². The number of amides is 2. The number of rotatable bonds is 8. The summed E-state index contributed by atoms with van der Waals surface area (Å²) < 4.78 is 11.1. The number of benzene rings is 2. The number of carbonyl (C=O) groups is 2. The second-order valence-corrected chi connectivity index (χ2v) is 7.16. The van der Waals surface area contributed by atoms with Crippen LogP contribution in [-0.2, 0) is 4.79 Å². The second kappa shape index (κ2) is 9.28. The van der Waals surface area contributed by atoms with Crippen molar-refractivity contribution in [3.8, 4) is 11.5 Å². The van der Waals surface area contributed by atoms with Crippen LogP contribution >= 0.6 is 11.8 Å². The van der Waals surface area contributed by atoms with Gasteiger partial charge in [0.25, 0.3) is 11.1 Å². The molecule has 1 aliphatic heterocycles. The molecule has 2 amide bonds. The van der Waals surface area contributed by atoms with Gasteiger partial charge in [0.2, 0.25) is 0 Å². The van der Waals surface area contributed by atoms with Crippen molar-refractivity contribution in [1.29, 1.82) is 0 Å². The third-order valence-corrected chi connectivity index (χ3v) is 4.90. The van der Waals surface area contributed by atoms with Gasteiger partial charge >= 0.3 is 0 Å². The van der Waals surface area contributed by atoms with Gasteiger partial charge in [0.05, 0.1) is 11.4 Å². The van der Waals surface area contributed by atoms with Crippen LogP contribution in [0.25, 0.3) is 6.08 Å². The van der Waals surface area contributed by atoms with Crippen molar-refractivity contribution >= 4 is 29.0 Å². The number of ether oxygens (including phenoxy) is 2. The molecule has 2 aromatic carbocycles. The SMILES string of the molecule is C=CCOc1ccc(/C=C2\SC(=O)N(CCOc3cccc(C)c3)C2=O)cc1.